The average Bonchev–Trinajstić information content (AvgIpc) is 2.79. The summed E-state index contributed by atoms with van der Waals surface area (Å²) < 4.78 is 4.70. The van der Waals surface area contributed by atoms with Gasteiger partial charge in [0.15, 0.2) is 5.82 Å². The number of amides is 1. The zero-order valence-corrected chi connectivity index (χ0v) is 11.1. The van der Waals surface area contributed by atoms with Crippen molar-refractivity contribution in [1.82, 2.24) is 20.4 Å². The molecule has 1 aromatic heterocycles. The van der Waals surface area contributed by atoms with Crippen LogP contribution in [0.1, 0.15) is 32.5 Å². The van der Waals surface area contributed by atoms with Gasteiger partial charge in [-0.2, -0.15) is 4.98 Å². The number of nitrogens with zero attached hydrogens (tertiary/aromatic N) is 3. The minimum Gasteiger partial charge on any atom is -0.343 e. The molecule has 0 radical (unpaired) electrons. The molecule has 1 aromatic rings. The van der Waals surface area contributed by atoms with Crippen LogP contribution in [0.3, 0.4) is 0 Å². The van der Waals surface area contributed by atoms with E-state index in [1.54, 1.807) is 4.90 Å². The van der Waals surface area contributed by atoms with Gasteiger partial charge >= 0.3 is 0 Å². The van der Waals surface area contributed by atoms with E-state index >= 15 is 0 Å². The number of nitrogens with one attached hydrogen (secondary N) is 1. The van der Waals surface area contributed by atoms with Crippen LogP contribution in [0.4, 0.5) is 0 Å². The number of hydrogen-bond acceptors (Lipinski definition) is 5. The molecule has 0 spiro atoms. The smallest absolute Gasteiger partial charge is 0.240 e. The summed E-state index contributed by atoms with van der Waals surface area (Å²) in [7, 11) is 1.83. The highest BCUT2D eigenvalue weighted by Crippen LogP contribution is 2.30. The maximum Gasteiger partial charge on any atom is 0.240 e. The molecule has 2 heterocycles. The molecule has 1 aliphatic rings. The van der Waals surface area contributed by atoms with Crippen molar-refractivity contribution < 1.29 is 9.32 Å². The van der Waals surface area contributed by atoms with Crippen molar-refractivity contribution in [2.75, 3.05) is 13.6 Å². The Bertz CT molecular complexity index is 402. The Balaban J connectivity index is 2.12. The van der Waals surface area contributed by atoms with E-state index < -0.39 is 0 Å². The fourth-order valence-electron chi connectivity index (χ4n) is 2.33. The van der Waals surface area contributed by atoms with Gasteiger partial charge in [-0.1, -0.05) is 19.0 Å². The molecule has 6 heteroatoms. The molecule has 1 unspecified atom stereocenters. The van der Waals surface area contributed by atoms with Gasteiger partial charge in [0.1, 0.15) is 0 Å². The van der Waals surface area contributed by atoms with Crippen LogP contribution in [-0.2, 0) is 11.3 Å². The van der Waals surface area contributed by atoms with Gasteiger partial charge in [-0.3, -0.25) is 4.79 Å². The van der Waals surface area contributed by atoms with Crippen molar-refractivity contribution in [3.05, 3.63) is 12.2 Å². The molecule has 1 fully saturated rings. The van der Waals surface area contributed by atoms with E-state index in [9.17, 15) is 4.79 Å². The summed E-state index contributed by atoms with van der Waals surface area (Å²) in [6, 6.07) is -0.130. The monoisotopic (exact) mass is 252 g/mol. The number of carbonyl (C=O) groups excluding carboxylic acids is 1. The van der Waals surface area contributed by atoms with Crippen molar-refractivity contribution in [2.45, 2.75) is 39.3 Å². The lowest BCUT2D eigenvalue weighted by Crippen LogP contribution is -2.44. The van der Waals surface area contributed by atoms with Crippen LogP contribution in [0.2, 0.25) is 0 Å². The first-order valence-electron chi connectivity index (χ1n) is 6.23. The van der Waals surface area contributed by atoms with Crippen LogP contribution in [0.5, 0.6) is 0 Å². The number of carbonyl (C=O) groups is 1. The van der Waals surface area contributed by atoms with Gasteiger partial charge in [0.25, 0.3) is 0 Å². The van der Waals surface area contributed by atoms with Gasteiger partial charge in [-0.15, -0.1) is 0 Å². The quantitative estimate of drug-likeness (QED) is 0.861. The second-order valence-electron chi connectivity index (χ2n) is 5.57. The van der Waals surface area contributed by atoms with Gasteiger partial charge in [0, 0.05) is 6.54 Å². The highest BCUT2D eigenvalue weighted by molar-refractivity contribution is 5.82. The van der Waals surface area contributed by atoms with E-state index in [0.717, 1.165) is 19.4 Å². The van der Waals surface area contributed by atoms with Crippen molar-refractivity contribution >= 4 is 5.91 Å². The number of likely N-dealkylation sites (tertiary alicyclic amines) is 1. The van der Waals surface area contributed by atoms with Gasteiger partial charge in [0.05, 0.1) is 12.6 Å². The summed E-state index contributed by atoms with van der Waals surface area (Å²) in [5, 5.41) is 6.87. The molecule has 0 bridgehead atoms. The third-order valence-corrected chi connectivity index (χ3v) is 3.51. The van der Waals surface area contributed by atoms with Gasteiger partial charge in [-0.25, -0.2) is 0 Å². The normalized spacial score (nSPS) is 24.1. The molecule has 0 aromatic carbocycles. The van der Waals surface area contributed by atoms with Crippen LogP contribution >= 0.6 is 0 Å². The molecule has 0 aliphatic carbocycles. The summed E-state index contributed by atoms with van der Waals surface area (Å²) in [4.78, 5) is 18.1. The highest BCUT2D eigenvalue weighted by atomic mass is 16.5. The summed E-state index contributed by atoms with van der Waals surface area (Å²) in [5.74, 6) is 0.672. The Kier molecular flexibility index (Phi) is 3.65. The van der Waals surface area contributed by atoms with E-state index in [1.165, 1.54) is 6.39 Å². The van der Waals surface area contributed by atoms with Crippen LogP contribution in [0, 0.1) is 5.41 Å². The molecule has 1 N–H and O–H groups in total. The van der Waals surface area contributed by atoms with Crippen LogP contribution in [-0.4, -0.2) is 40.6 Å². The Labute approximate surface area is 107 Å². The Hall–Kier alpha value is -1.43. The second-order valence-corrected chi connectivity index (χ2v) is 5.57. The third-order valence-electron chi connectivity index (χ3n) is 3.51. The Morgan fingerprint density at radius 1 is 1.61 bits per heavy atom. The average molecular weight is 252 g/mol. The molecule has 0 saturated carbocycles. The summed E-state index contributed by atoms with van der Waals surface area (Å²) >= 11 is 0. The van der Waals surface area contributed by atoms with Crippen LogP contribution < -0.4 is 5.32 Å². The lowest BCUT2D eigenvalue weighted by molar-refractivity contribution is -0.133. The van der Waals surface area contributed by atoms with E-state index in [1.807, 2.05) is 7.05 Å². The van der Waals surface area contributed by atoms with Crippen molar-refractivity contribution in [2.24, 2.45) is 5.41 Å². The molecule has 6 nitrogen and oxygen atoms in total. The minimum atomic E-state index is -0.130. The SMILES string of the molecule is CNC1CC(C)(C)CCN(Cc2ncon2)C1=O. The van der Waals surface area contributed by atoms with Crippen molar-refractivity contribution in [3.8, 4) is 0 Å². The maximum absolute atomic E-state index is 12.4. The zero-order chi connectivity index (χ0) is 13.2. The maximum atomic E-state index is 12.4. The fourth-order valence-corrected chi connectivity index (χ4v) is 2.33. The lowest BCUT2D eigenvalue weighted by atomic mass is 9.83. The number of likely N-dealkylation sites (N-methyl/N-ethyl adjacent to an activating group) is 1. The first kappa shape index (κ1) is 13.0. The first-order chi connectivity index (χ1) is 8.52. The number of aromatic nitrogens is 2. The number of hydrogen-bond donors (Lipinski definition) is 1. The van der Waals surface area contributed by atoms with Crippen molar-refractivity contribution in [3.63, 3.8) is 0 Å². The van der Waals surface area contributed by atoms with E-state index in [-0.39, 0.29) is 17.4 Å². The van der Waals surface area contributed by atoms with Crippen molar-refractivity contribution in [1.29, 1.82) is 0 Å². The molecule has 1 atom stereocenters. The van der Waals surface area contributed by atoms with E-state index in [2.05, 4.69) is 29.3 Å². The summed E-state index contributed by atoms with van der Waals surface area (Å²) in [6.07, 6.45) is 3.12. The lowest BCUT2D eigenvalue weighted by Gasteiger charge is -2.24. The third kappa shape index (κ3) is 2.87. The Morgan fingerprint density at radius 2 is 2.39 bits per heavy atom. The summed E-state index contributed by atoms with van der Waals surface area (Å²) in [6.45, 7) is 5.55. The topological polar surface area (TPSA) is 71.3 Å². The van der Waals surface area contributed by atoms with E-state index in [0.29, 0.717) is 12.4 Å². The van der Waals surface area contributed by atoms with Gasteiger partial charge in [-0.05, 0) is 25.3 Å². The fraction of sp³-hybridized carbons (Fsp3) is 0.750. The molecule has 1 aliphatic heterocycles. The predicted molar refractivity (Wildman–Crippen MR) is 65.6 cm³/mol. The number of rotatable bonds is 3. The van der Waals surface area contributed by atoms with Crippen LogP contribution in [0.25, 0.3) is 0 Å². The first-order valence-corrected chi connectivity index (χ1v) is 6.23. The molecule has 18 heavy (non-hydrogen) atoms. The molecule has 1 amide bonds. The molecule has 100 valence electrons. The Morgan fingerprint density at radius 3 is 3.00 bits per heavy atom. The largest absolute Gasteiger partial charge is 0.343 e. The second kappa shape index (κ2) is 5.06. The molecular weight excluding hydrogens is 232 g/mol. The van der Waals surface area contributed by atoms with Gasteiger partial charge in [0.2, 0.25) is 12.3 Å². The predicted octanol–water partition coefficient (Wildman–Crippen LogP) is 0.806. The zero-order valence-electron chi connectivity index (χ0n) is 11.1. The standard InChI is InChI=1S/C12H20N4O2/c1-12(2)4-5-16(7-10-14-8-18-15-10)11(17)9(6-12)13-3/h8-9,13H,4-7H2,1-3H3. The summed E-state index contributed by atoms with van der Waals surface area (Å²) in [5.41, 5.74) is 0.162. The van der Waals surface area contributed by atoms with Gasteiger partial charge < -0.3 is 14.7 Å². The molecule has 1 saturated heterocycles. The highest BCUT2D eigenvalue weighted by Gasteiger charge is 2.34. The van der Waals surface area contributed by atoms with Crippen LogP contribution in [0.15, 0.2) is 10.9 Å². The molecule has 2 rings (SSSR count). The minimum absolute atomic E-state index is 0.118. The molecular formula is C12H20N4O2. The van der Waals surface area contributed by atoms with E-state index in [4.69, 9.17) is 4.52 Å².